The van der Waals surface area contributed by atoms with E-state index >= 15 is 0 Å². The topological polar surface area (TPSA) is 78.0 Å². The fourth-order valence-corrected chi connectivity index (χ4v) is 3.02. The van der Waals surface area contributed by atoms with Gasteiger partial charge in [-0.2, -0.15) is 18.3 Å². The molecule has 0 aliphatic rings. The Labute approximate surface area is 152 Å². The number of benzene rings is 2. The Morgan fingerprint density at radius 1 is 1.00 bits per heavy atom. The molecule has 0 fully saturated rings. The molecule has 2 aromatic carbocycles. The standard InChI is InChI=1S/C17H13F4N3O2S/c1-10-2-4-11(5-3-10)15-14(18)16(17(19,20)21)23-24(15)12-6-8-13(9-7-12)27(22,25)26/h2-9H,1H3,(H2,22,25,26). The molecule has 0 spiro atoms. The van der Waals surface area contributed by atoms with E-state index in [4.69, 9.17) is 5.14 Å². The lowest BCUT2D eigenvalue weighted by Gasteiger charge is -2.09. The summed E-state index contributed by atoms with van der Waals surface area (Å²) in [5.74, 6) is -1.51. The molecule has 0 bridgehead atoms. The molecule has 0 radical (unpaired) electrons. The van der Waals surface area contributed by atoms with Crippen molar-refractivity contribution in [2.45, 2.75) is 18.0 Å². The van der Waals surface area contributed by atoms with E-state index in [-0.39, 0.29) is 21.8 Å². The smallest absolute Gasteiger partial charge is 0.229 e. The molecule has 27 heavy (non-hydrogen) atoms. The van der Waals surface area contributed by atoms with Gasteiger partial charge in [0.05, 0.1) is 10.6 Å². The maximum atomic E-state index is 14.6. The van der Waals surface area contributed by atoms with Crippen LogP contribution in [-0.2, 0) is 16.2 Å². The number of rotatable bonds is 3. The van der Waals surface area contributed by atoms with Gasteiger partial charge in [-0.25, -0.2) is 22.6 Å². The Balaban J connectivity index is 2.24. The highest BCUT2D eigenvalue weighted by molar-refractivity contribution is 7.89. The molecule has 2 N–H and O–H groups in total. The fraction of sp³-hybridized carbons (Fsp3) is 0.118. The third-order valence-electron chi connectivity index (χ3n) is 3.83. The second kappa shape index (κ2) is 6.46. The summed E-state index contributed by atoms with van der Waals surface area (Å²) >= 11 is 0. The van der Waals surface area contributed by atoms with Crippen molar-refractivity contribution in [2.75, 3.05) is 0 Å². The molecule has 0 amide bonds. The van der Waals surface area contributed by atoms with Crippen molar-refractivity contribution >= 4 is 10.0 Å². The van der Waals surface area contributed by atoms with E-state index in [1.54, 1.807) is 19.1 Å². The second-order valence-corrected chi connectivity index (χ2v) is 7.39. The molecule has 142 valence electrons. The van der Waals surface area contributed by atoms with Crippen LogP contribution in [0.1, 0.15) is 11.3 Å². The average Bonchev–Trinajstić information content (AvgIpc) is 2.92. The third-order valence-corrected chi connectivity index (χ3v) is 4.76. The number of primary sulfonamides is 1. The van der Waals surface area contributed by atoms with Gasteiger partial charge in [-0.15, -0.1) is 0 Å². The Kier molecular flexibility index (Phi) is 4.56. The zero-order valence-electron chi connectivity index (χ0n) is 13.8. The van der Waals surface area contributed by atoms with Crippen molar-refractivity contribution in [3.8, 4) is 16.9 Å². The number of nitrogens with zero attached hydrogens (tertiary/aromatic N) is 2. The molecule has 0 saturated heterocycles. The molecule has 10 heteroatoms. The summed E-state index contributed by atoms with van der Waals surface area (Å²) in [4.78, 5) is -0.230. The number of halogens is 4. The van der Waals surface area contributed by atoms with Crippen LogP contribution < -0.4 is 5.14 Å². The molecule has 0 aliphatic carbocycles. The van der Waals surface area contributed by atoms with Crippen LogP contribution in [0.4, 0.5) is 17.6 Å². The number of hydrogen-bond donors (Lipinski definition) is 1. The van der Waals surface area contributed by atoms with E-state index in [0.717, 1.165) is 22.4 Å². The lowest BCUT2D eigenvalue weighted by Crippen LogP contribution is -2.12. The first-order valence-corrected chi connectivity index (χ1v) is 9.09. The van der Waals surface area contributed by atoms with Crippen molar-refractivity contribution in [1.29, 1.82) is 0 Å². The monoisotopic (exact) mass is 399 g/mol. The minimum atomic E-state index is -4.99. The first kappa shape index (κ1) is 19.1. The number of nitrogens with two attached hydrogens (primary N) is 1. The van der Waals surface area contributed by atoms with Gasteiger partial charge in [0.25, 0.3) is 0 Å². The largest absolute Gasteiger partial charge is 0.438 e. The van der Waals surface area contributed by atoms with Crippen LogP contribution in [0.15, 0.2) is 53.4 Å². The molecule has 0 atom stereocenters. The van der Waals surface area contributed by atoms with Crippen molar-refractivity contribution in [3.05, 3.63) is 65.6 Å². The SMILES string of the molecule is Cc1ccc(-c2c(F)c(C(F)(F)F)nn2-c2ccc(S(N)(=O)=O)cc2)cc1. The van der Waals surface area contributed by atoms with Crippen molar-refractivity contribution in [1.82, 2.24) is 9.78 Å². The van der Waals surface area contributed by atoms with Crippen LogP contribution >= 0.6 is 0 Å². The van der Waals surface area contributed by atoms with Gasteiger partial charge in [-0.1, -0.05) is 29.8 Å². The average molecular weight is 399 g/mol. The zero-order chi connectivity index (χ0) is 20.0. The minimum Gasteiger partial charge on any atom is -0.229 e. The number of sulfonamides is 1. The summed E-state index contributed by atoms with van der Waals surface area (Å²) in [6, 6.07) is 10.8. The number of aryl methyl sites for hydroxylation is 1. The summed E-state index contributed by atoms with van der Waals surface area (Å²) < 4.78 is 77.5. The normalized spacial score (nSPS) is 12.4. The Bertz CT molecular complexity index is 1090. The molecule has 0 aliphatic heterocycles. The van der Waals surface area contributed by atoms with E-state index in [9.17, 15) is 26.0 Å². The quantitative estimate of drug-likeness (QED) is 0.683. The first-order chi connectivity index (χ1) is 12.5. The molecular formula is C17H13F4N3O2S. The molecule has 3 aromatic rings. The highest BCUT2D eigenvalue weighted by Gasteiger charge is 2.40. The van der Waals surface area contributed by atoms with Gasteiger partial charge in [-0.3, -0.25) is 0 Å². The number of hydrogen-bond acceptors (Lipinski definition) is 3. The number of alkyl halides is 3. The van der Waals surface area contributed by atoms with Crippen molar-refractivity contribution in [3.63, 3.8) is 0 Å². The van der Waals surface area contributed by atoms with E-state index in [2.05, 4.69) is 5.10 Å². The summed E-state index contributed by atoms with van der Waals surface area (Å²) in [7, 11) is -3.98. The van der Waals surface area contributed by atoms with Gasteiger partial charge >= 0.3 is 6.18 Å². The summed E-state index contributed by atoms with van der Waals surface area (Å²) in [6.45, 7) is 1.78. The van der Waals surface area contributed by atoms with Crippen LogP contribution in [0.5, 0.6) is 0 Å². The maximum Gasteiger partial charge on any atom is 0.438 e. The lowest BCUT2D eigenvalue weighted by molar-refractivity contribution is -0.143. The Hall–Kier alpha value is -2.72. The van der Waals surface area contributed by atoms with E-state index in [0.29, 0.717) is 0 Å². The third kappa shape index (κ3) is 3.71. The summed E-state index contributed by atoms with van der Waals surface area (Å²) in [6.07, 6.45) is -4.99. The highest BCUT2D eigenvalue weighted by atomic mass is 32.2. The van der Waals surface area contributed by atoms with E-state index in [1.807, 2.05) is 0 Å². The van der Waals surface area contributed by atoms with Gasteiger partial charge < -0.3 is 0 Å². The Morgan fingerprint density at radius 3 is 2.04 bits per heavy atom. The van der Waals surface area contributed by atoms with Gasteiger partial charge in [0.1, 0.15) is 5.69 Å². The first-order valence-electron chi connectivity index (χ1n) is 7.54. The molecule has 0 unspecified atom stereocenters. The number of aromatic nitrogens is 2. The van der Waals surface area contributed by atoms with Crippen LogP contribution in [0.25, 0.3) is 16.9 Å². The molecule has 5 nitrogen and oxygen atoms in total. The van der Waals surface area contributed by atoms with Crippen molar-refractivity contribution in [2.24, 2.45) is 5.14 Å². The van der Waals surface area contributed by atoms with E-state index < -0.39 is 27.7 Å². The van der Waals surface area contributed by atoms with Crippen molar-refractivity contribution < 1.29 is 26.0 Å². The van der Waals surface area contributed by atoms with Gasteiger partial charge in [0.15, 0.2) is 5.82 Å². The van der Waals surface area contributed by atoms with Crippen LogP contribution in [0, 0.1) is 12.7 Å². The maximum absolute atomic E-state index is 14.6. The van der Waals surface area contributed by atoms with Crippen LogP contribution in [0.2, 0.25) is 0 Å². The molecule has 3 rings (SSSR count). The van der Waals surface area contributed by atoms with E-state index in [1.165, 1.54) is 24.3 Å². The van der Waals surface area contributed by atoms with Crippen LogP contribution in [-0.4, -0.2) is 18.2 Å². The van der Waals surface area contributed by atoms with Gasteiger partial charge in [0, 0.05) is 5.56 Å². The second-order valence-electron chi connectivity index (χ2n) is 5.83. The zero-order valence-corrected chi connectivity index (χ0v) is 14.6. The summed E-state index contributed by atoms with van der Waals surface area (Å²) in [5.41, 5.74) is -0.956. The summed E-state index contributed by atoms with van der Waals surface area (Å²) in [5, 5.41) is 8.38. The molecular weight excluding hydrogens is 386 g/mol. The molecule has 0 saturated carbocycles. The van der Waals surface area contributed by atoms with Gasteiger partial charge in [-0.05, 0) is 31.2 Å². The van der Waals surface area contributed by atoms with Gasteiger partial charge in [0.2, 0.25) is 15.7 Å². The highest BCUT2D eigenvalue weighted by Crippen LogP contribution is 2.36. The minimum absolute atomic E-state index is 0.0485. The Morgan fingerprint density at radius 2 is 1.56 bits per heavy atom. The predicted molar refractivity (Wildman–Crippen MR) is 90.1 cm³/mol. The molecule has 1 heterocycles. The lowest BCUT2D eigenvalue weighted by atomic mass is 10.1. The van der Waals surface area contributed by atoms with Crippen LogP contribution in [0.3, 0.4) is 0 Å². The molecule has 1 aromatic heterocycles. The predicted octanol–water partition coefficient (Wildman–Crippen LogP) is 3.65. The fourth-order valence-electron chi connectivity index (χ4n) is 2.50.